The summed E-state index contributed by atoms with van der Waals surface area (Å²) in [6, 6.07) is 6.05. The summed E-state index contributed by atoms with van der Waals surface area (Å²) < 4.78 is 0. The molecule has 1 aliphatic heterocycles. The van der Waals surface area contributed by atoms with Crippen LogP contribution >= 0.6 is 11.6 Å². The second-order valence-corrected chi connectivity index (χ2v) is 4.11. The first-order chi connectivity index (χ1) is 6.90. The predicted molar refractivity (Wildman–Crippen MR) is 59.9 cm³/mol. The summed E-state index contributed by atoms with van der Waals surface area (Å²) in [6.07, 6.45) is 4.33. The SMILES string of the molecule is ClCC1CCCN(c2ccccn2)C1. The molecule has 0 radical (unpaired) electrons. The van der Waals surface area contributed by atoms with Gasteiger partial charge in [-0.05, 0) is 30.9 Å². The molecule has 1 saturated heterocycles. The minimum atomic E-state index is 0.632. The molecule has 0 aliphatic carbocycles. The molecule has 0 amide bonds. The van der Waals surface area contributed by atoms with Gasteiger partial charge >= 0.3 is 0 Å². The van der Waals surface area contributed by atoms with Crippen LogP contribution in [0, 0.1) is 5.92 Å². The molecular weight excluding hydrogens is 196 g/mol. The summed E-state index contributed by atoms with van der Waals surface area (Å²) in [5.74, 6) is 2.48. The van der Waals surface area contributed by atoms with Gasteiger partial charge in [-0.15, -0.1) is 11.6 Å². The molecule has 1 unspecified atom stereocenters. The van der Waals surface area contributed by atoms with E-state index in [-0.39, 0.29) is 0 Å². The number of alkyl halides is 1. The number of pyridine rings is 1. The van der Waals surface area contributed by atoms with Crippen LogP contribution in [-0.4, -0.2) is 24.0 Å². The zero-order valence-corrected chi connectivity index (χ0v) is 8.95. The van der Waals surface area contributed by atoms with Gasteiger partial charge in [0.2, 0.25) is 0 Å². The molecular formula is C11H15ClN2. The first-order valence-electron chi connectivity index (χ1n) is 5.12. The van der Waals surface area contributed by atoms with E-state index < -0.39 is 0 Å². The zero-order chi connectivity index (χ0) is 9.80. The van der Waals surface area contributed by atoms with Gasteiger partial charge in [-0.1, -0.05) is 6.07 Å². The summed E-state index contributed by atoms with van der Waals surface area (Å²) in [7, 11) is 0. The van der Waals surface area contributed by atoms with Crippen molar-refractivity contribution in [2.24, 2.45) is 5.92 Å². The summed E-state index contributed by atoms with van der Waals surface area (Å²) in [5, 5.41) is 0. The van der Waals surface area contributed by atoms with Crippen LogP contribution in [0.25, 0.3) is 0 Å². The lowest BCUT2D eigenvalue weighted by Crippen LogP contribution is -2.36. The fraction of sp³-hybridized carbons (Fsp3) is 0.545. The zero-order valence-electron chi connectivity index (χ0n) is 8.19. The largest absolute Gasteiger partial charge is 0.356 e. The van der Waals surface area contributed by atoms with E-state index in [9.17, 15) is 0 Å². The molecule has 0 aromatic carbocycles. The first kappa shape index (κ1) is 9.78. The summed E-state index contributed by atoms with van der Waals surface area (Å²) >= 11 is 5.89. The minimum Gasteiger partial charge on any atom is -0.356 e. The third-order valence-electron chi connectivity index (χ3n) is 2.71. The Balaban J connectivity index is 2.04. The molecule has 2 heterocycles. The summed E-state index contributed by atoms with van der Waals surface area (Å²) in [6.45, 7) is 2.17. The van der Waals surface area contributed by atoms with E-state index in [1.165, 1.54) is 12.8 Å². The van der Waals surface area contributed by atoms with E-state index in [4.69, 9.17) is 11.6 Å². The van der Waals surface area contributed by atoms with Crippen LogP contribution < -0.4 is 4.90 Å². The number of nitrogens with zero attached hydrogens (tertiary/aromatic N) is 2. The highest BCUT2D eigenvalue weighted by Crippen LogP contribution is 2.21. The molecule has 1 aromatic heterocycles. The van der Waals surface area contributed by atoms with Crippen LogP contribution in [0.1, 0.15) is 12.8 Å². The number of aromatic nitrogens is 1. The van der Waals surface area contributed by atoms with Gasteiger partial charge in [0.25, 0.3) is 0 Å². The number of piperidine rings is 1. The molecule has 1 aliphatic rings. The molecule has 1 atom stereocenters. The minimum absolute atomic E-state index is 0.632. The van der Waals surface area contributed by atoms with E-state index in [1.807, 2.05) is 18.3 Å². The van der Waals surface area contributed by atoms with E-state index in [2.05, 4.69) is 16.0 Å². The highest BCUT2D eigenvalue weighted by atomic mass is 35.5. The normalized spacial score (nSPS) is 22.4. The van der Waals surface area contributed by atoms with Crippen molar-refractivity contribution >= 4 is 17.4 Å². The molecule has 0 bridgehead atoms. The van der Waals surface area contributed by atoms with E-state index in [0.717, 1.165) is 24.8 Å². The van der Waals surface area contributed by atoms with Gasteiger partial charge < -0.3 is 4.90 Å². The monoisotopic (exact) mass is 210 g/mol. The average molecular weight is 211 g/mol. The second kappa shape index (κ2) is 4.65. The number of anilines is 1. The average Bonchev–Trinajstić information content (AvgIpc) is 2.30. The van der Waals surface area contributed by atoms with Crippen molar-refractivity contribution in [2.75, 3.05) is 23.9 Å². The lowest BCUT2D eigenvalue weighted by molar-refractivity contribution is 0.449. The standard InChI is InChI=1S/C11H15ClN2/c12-8-10-4-3-7-14(9-10)11-5-1-2-6-13-11/h1-2,5-6,10H,3-4,7-9H2. The Kier molecular flexibility index (Phi) is 3.25. The van der Waals surface area contributed by atoms with Crippen LogP contribution in [0.4, 0.5) is 5.82 Å². The van der Waals surface area contributed by atoms with Crippen molar-refractivity contribution in [1.82, 2.24) is 4.98 Å². The second-order valence-electron chi connectivity index (χ2n) is 3.80. The predicted octanol–water partition coefficient (Wildman–Crippen LogP) is 2.54. The van der Waals surface area contributed by atoms with Crippen molar-refractivity contribution in [3.8, 4) is 0 Å². The van der Waals surface area contributed by atoms with Gasteiger partial charge in [-0.25, -0.2) is 4.98 Å². The molecule has 14 heavy (non-hydrogen) atoms. The molecule has 2 nitrogen and oxygen atoms in total. The number of halogens is 1. The van der Waals surface area contributed by atoms with Gasteiger partial charge in [-0.2, -0.15) is 0 Å². The Labute approximate surface area is 89.9 Å². The van der Waals surface area contributed by atoms with Crippen LogP contribution in [0.2, 0.25) is 0 Å². The van der Waals surface area contributed by atoms with Gasteiger partial charge in [0.15, 0.2) is 0 Å². The van der Waals surface area contributed by atoms with Gasteiger partial charge in [0.05, 0.1) is 0 Å². The van der Waals surface area contributed by atoms with Crippen molar-refractivity contribution < 1.29 is 0 Å². The highest BCUT2D eigenvalue weighted by molar-refractivity contribution is 6.18. The van der Waals surface area contributed by atoms with E-state index >= 15 is 0 Å². The van der Waals surface area contributed by atoms with Crippen LogP contribution in [0.5, 0.6) is 0 Å². The third kappa shape index (κ3) is 2.18. The number of hydrogen-bond donors (Lipinski definition) is 0. The Morgan fingerprint density at radius 2 is 2.43 bits per heavy atom. The maximum absolute atomic E-state index is 5.89. The lowest BCUT2D eigenvalue weighted by atomic mass is 10.0. The first-order valence-corrected chi connectivity index (χ1v) is 5.65. The lowest BCUT2D eigenvalue weighted by Gasteiger charge is -2.32. The molecule has 1 aromatic rings. The quantitative estimate of drug-likeness (QED) is 0.698. The smallest absolute Gasteiger partial charge is 0.128 e. The van der Waals surface area contributed by atoms with Crippen LogP contribution in [0.15, 0.2) is 24.4 Å². The van der Waals surface area contributed by atoms with Gasteiger partial charge in [-0.3, -0.25) is 0 Å². The van der Waals surface area contributed by atoms with Crippen molar-refractivity contribution in [3.63, 3.8) is 0 Å². The summed E-state index contributed by atoms with van der Waals surface area (Å²) in [4.78, 5) is 6.68. The van der Waals surface area contributed by atoms with Crippen molar-refractivity contribution in [2.45, 2.75) is 12.8 Å². The Hall–Kier alpha value is -0.760. The Morgan fingerprint density at radius 3 is 3.14 bits per heavy atom. The number of hydrogen-bond acceptors (Lipinski definition) is 2. The van der Waals surface area contributed by atoms with Gasteiger partial charge in [0, 0.05) is 25.2 Å². The van der Waals surface area contributed by atoms with E-state index in [0.29, 0.717) is 5.92 Å². The maximum Gasteiger partial charge on any atom is 0.128 e. The highest BCUT2D eigenvalue weighted by Gasteiger charge is 2.19. The molecule has 1 fully saturated rings. The topological polar surface area (TPSA) is 16.1 Å². The Bertz CT molecular complexity index is 276. The van der Waals surface area contributed by atoms with Crippen LogP contribution in [-0.2, 0) is 0 Å². The van der Waals surface area contributed by atoms with Crippen molar-refractivity contribution in [3.05, 3.63) is 24.4 Å². The molecule has 76 valence electrons. The van der Waals surface area contributed by atoms with Crippen molar-refractivity contribution in [1.29, 1.82) is 0 Å². The number of rotatable bonds is 2. The Morgan fingerprint density at radius 1 is 1.50 bits per heavy atom. The molecule has 3 heteroatoms. The molecule has 2 rings (SSSR count). The molecule has 0 saturated carbocycles. The molecule has 0 spiro atoms. The fourth-order valence-corrected chi connectivity index (χ4v) is 2.19. The maximum atomic E-state index is 5.89. The van der Waals surface area contributed by atoms with Crippen LogP contribution in [0.3, 0.4) is 0 Å². The third-order valence-corrected chi connectivity index (χ3v) is 3.15. The van der Waals surface area contributed by atoms with Gasteiger partial charge in [0.1, 0.15) is 5.82 Å². The van der Waals surface area contributed by atoms with E-state index in [1.54, 1.807) is 0 Å². The fourth-order valence-electron chi connectivity index (χ4n) is 1.94. The molecule has 0 N–H and O–H groups in total. The summed E-state index contributed by atoms with van der Waals surface area (Å²) in [5.41, 5.74) is 0.